The maximum atomic E-state index is 13.8. The third-order valence-electron chi connectivity index (χ3n) is 5.34. The van der Waals surface area contributed by atoms with Crippen molar-refractivity contribution in [3.8, 4) is 0 Å². The van der Waals surface area contributed by atoms with Crippen molar-refractivity contribution < 1.29 is 4.79 Å². The molecule has 7 nitrogen and oxygen atoms in total. The summed E-state index contributed by atoms with van der Waals surface area (Å²) in [5.74, 6) is -0.0352. The lowest BCUT2D eigenvalue weighted by atomic mass is 10.0. The SMILES string of the molecule is CCCN(Cc1ccccc1)C(=O)c1cc(C(C)C)nc2c1c(=O)[nH]c(=O)n2CC(C)C. The summed E-state index contributed by atoms with van der Waals surface area (Å²) in [5, 5.41) is 0.175. The van der Waals surface area contributed by atoms with E-state index in [1.807, 2.05) is 65.0 Å². The number of aromatic nitrogens is 3. The third-order valence-corrected chi connectivity index (χ3v) is 5.34. The Morgan fingerprint density at radius 1 is 1.12 bits per heavy atom. The van der Waals surface area contributed by atoms with Crippen LogP contribution in [0.4, 0.5) is 0 Å². The molecule has 0 bridgehead atoms. The molecule has 1 aromatic carbocycles. The van der Waals surface area contributed by atoms with Crippen LogP contribution in [0.3, 0.4) is 0 Å². The molecule has 3 aromatic rings. The van der Waals surface area contributed by atoms with Gasteiger partial charge in [-0.15, -0.1) is 0 Å². The Hall–Kier alpha value is -3.22. The van der Waals surface area contributed by atoms with Gasteiger partial charge >= 0.3 is 5.69 Å². The van der Waals surface area contributed by atoms with E-state index in [-0.39, 0.29) is 28.8 Å². The summed E-state index contributed by atoms with van der Waals surface area (Å²) in [6, 6.07) is 11.5. The van der Waals surface area contributed by atoms with E-state index in [2.05, 4.69) is 9.97 Å². The van der Waals surface area contributed by atoms with Gasteiger partial charge in [0.05, 0.1) is 10.9 Å². The molecule has 0 atom stereocenters. The van der Waals surface area contributed by atoms with E-state index in [1.54, 1.807) is 11.0 Å². The molecule has 0 aliphatic rings. The Morgan fingerprint density at radius 2 is 1.81 bits per heavy atom. The highest BCUT2D eigenvalue weighted by molar-refractivity contribution is 6.05. The number of nitrogens with one attached hydrogen (secondary N) is 1. The zero-order valence-corrected chi connectivity index (χ0v) is 19.5. The number of hydrogen-bond donors (Lipinski definition) is 1. The summed E-state index contributed by atoms with van der Waals surface area (Å²) in [4.78, 5) is 48.1. The molecule has 0 aliphatic carbocycles. The molecule has 0 aliphatic heterocycles. The van der Waals surface area contributed by atoms with Crippen molar-refractivity contribution in [3.05, 3.63) is 74.1 Å². The average Bonchev–Trinajstić information content (AvgIpc) is 2.75. The standard InChI is InChI=1S/C25H32N4O3/c1-6-12-28(15-18-10-8-7-9-11-18)24(31)19-13-20(17(4)5)26-22-21(19)23(30)27-25(32)29(22)14-16(2)3/h7-11,13,16-17H,6,12,14-15H2,1-5H3,(H,27,30,32). The van der Waals surface area contributed by atoms with Crippen LogP contribution in [0.25, 0.3) is 11.0 Å². The monoisotopic (exact) mass is 436 g/mol. The number of rotatable bonds is 8. The number of nitrogens with zero attached hydrogens (tertiary/aromatic N) is 3. The van der Waals surface area contributed by atoms with E-state index in [0.717, 1.165) is 12.0 Å². The molecule has 0 unspecified atom stereocenters. The van der Waals surface area contributed by atoms with Gasteiger partial charge in [-0.2, -0.15) is 0 Å². The lowest BCUT2D eigenvalue weighted by Gasteiger charge is -2.24. The van der Waals surface area contributed by atoms with Crippen molar-refractivity contribution in [1.82, 2.24) is 19.4 Å². The van der Waals surface area contributed by atoms with Crippen LogP contribution in [0.15, 0.2) is 46.0 Å². The van der Waals surface area contributed by atoms with Gasteiger partial charge < -0.3 is 4.90 Å². The maximum absolute atomic E-state index is 13.8. The van der Waals surface area contributed by atoms with Crippen LogP contribution in [0.1, 0.15) is 68.6 Å². The molecule has 32 heavy (non-hydrogen) atoms. The molecule has 0 saturated carbocycles. The van der Waals surface area contributed by atoms with Crippen molar-refractivity contribution >= 4 is 16.9 Å². The summed E-state index contributed by atoms with van der Waals surface area (Å²) in [5.41, 5.74) is 1.19. The fourth-order valence-electron chi connectivity index (χ4n) is 3.79. The highest BCUT2D eigenvalue weighted by Gasteiger charge is 2.24. The lowest BCUT2D eigenvalue weighted by Crippen LogP contribution is -2.36. The molecule has 0 fully saturated rings. The number of H-pyrrole nitrogens is 1. The molecule has 2 heterocycles. The van der Waals surface area contributed by atoms with E-state index in [4.69, 9.17) is 0 Å². The van der Waals surface area contributed by atoms with Gasteiger partial charge in [-0.05, 0) is 29.9 Å². The van der Waals surface area contributed by atoms with Crippen LogP contribution in [-0.2, 0) is 13.1 Å². The minimum absolute atomic E-state index is 0.0292. The van der Waals surface area contributed by atoms with Gasteiger partial charge in [0, 0.05) is 25.3 Å². The molecular formula is C25H32N4O3. The Kier molecular flexibility index (Phi) is 7.28. The van der Waals surface area contributed by atoms with Gasteiger partial charge in [-0.3, -0.25) is 19.1 Å². The highest BCUT2D eigenvalue weighted by Crippen LogP contribution is 2.22. The zero-order chi connectivity index (χ0) is 23.4. The predicted molar refractivity (Wildman–Crippen MR) is 127 cm³/mol. The molecular weight excluding hydrogens is 404 g/mol. The summed E-state index contributed by atoms with van der Waals surface area (Å²) >= 11 is 0. The zero-order valence-electron chi connectivity index (χ0n) is 19.5. The van der Waals surface area contributed by atoms with Crippen molar-refractivity contribution in [2.75, 3.05) is 6.54 Å². The maximum Gasteiger partial charge on any atom is 0.330 e. The highest BCUT2D eigenvalue weighted by atomic mass is 16.2. The van der Waals surface area contributed by atoms with Crippen LogP contribution in [0.5, 0.6) is 0 Å². The summed E-state index contributed by atoms with van der Waals surface area (Å²) in [7, 11) is 0. The lowest BCUT2D eigenvalue weighted by molar-refractivity contribution is 0.0745. The van der Waals surface area contributed by atoms with E-state index in [0.29, 0.717) is 30.9 Å². The Bertz CT molecular complexity index is 1210. The van der Waals surface area contributed by atoms with Crippen molar-refractivity contribution in [2.45, 2.75) is 60.0 Å². The predicted octanol–water partition coefficient (Wildman–Crippen LogP) is 3.92. The fourth-order valence-corrected chi connectivity index (χ4v) is 3.79. The van der Waals surface area contributed by atoms with Gasteiger partial charge in [0.25, 0.3) is 11.5 Å². The number of benzene rings is 1. The second-order valence-electron chi connectivity index (χ2n) is 8.92. The minimum atomic E-state index is -0.577. The molecule has 1 amide bonds. The van der Waals surface area contributed by atoms with Gasteiger partial charge in [-0.1, -0.05) is 65.0 Å². The second-order valence-corrected chi connectivity index (χ2v) is 8.92. The Morgan fingerprint density at radius 3 is 2.41 bits per heavy atom. The van der Waals surface area contributed by atoms with Gasteiger partial charge in [-0.25, -0.2) is 9.78 Å². The molecule has 0 radical (unpaired) electrons. The van der Waals surface area contributed by atoms with E-state index in [9.17, 15) is 14.4 Å². The number of hydrogen-bond acceptors (Lipinski definition) is 4. The van der Waals surface area contributed by atoms with Gasteiger partial charge in [0.15, 0.2) is 5.65 Å². The van der Waals surface area contributed by atoms with E-state index < -0.39 is 11.2 Å². The number of carbonyl (C=O) groups excluding carboxylic acids is 1. The third kappa shape index (κ3) is 4.98. The summed E-state index contributed by atoms with van der Waals surface area (Å²) in [6.45, 7) is 11.4. The molecule has 3 rings (SSSR count). The molecule has 170 valence electrons. The summed E-state index contributed by atoms with van der Waals surface area (Å²) in [6.07, 6.45) is 0.785. The number of fused-ring (bicyclic) bond motifs is 1. The first-order valence-corrected chi connectivity index (χ1v) is 11.2. The fraction of sp³-hybridized carbons (Fsp3) is 0.440. The van der Waals surface area contributed by atoms with Gasteiger partial charge in [0.2, 0.25) is 0 Å². The van der Waals surface area contributed by atoms with E-state index >= 15 is 0 Å². The Labute approximate surface area is 188 Å². The molecule has 0 saturated heterocycles. The average molecular weight is 437 g/mol. The van der Waals surface area contributed by atoms with Crippen molar-refractivity contribution in [3.63, 3.8) is 0 Å². The first-order chi connectivity index (χ1) is 15.2. The van der Waals surface area contributed by atoms with Crippen LogP contribution >= 0.6 is 0 Å². The normalized spacial score (nSPS) is 11.5. The number of aromatic amines is 1. The molecule has 7 heteroatoms. The van der Waals surface area contributed by atoms with Crippen molar-refractivity contribution in [2.24, 2.45) is 5.92 Å². The van der Waals surface area contributed by atoms with Crippen molar-refractivity contribution in [1.29, 1.82) is 0 Å². The quantitative estimate of drug-likeness (QED) is 0.580. The van der Waals surface area contributed by atoms with Crippen LogP contribution < -0.4 is 11.2 Å². The molecule has 1 N–H and O–H groups in total. The first-order valence-electron chi connectivity index (χ1n) is 11.2. The molecule has 2 aromatic heterocycles. The Balaban J connectivity index is 2.24. The topological polar surface area (TPSA) is 88.1 Å². The largest absolute Gasteiger partial charge is 0.334 e. The minimum Gasteiger partial charge on any atom is -0.334 e. The first kappa shape index (κ1) is 23.4. The second kappa shape index (κ2) is 9.94. The number of carbonyl (C=O) groups is 1. The van der Waals surface area contributed by atoms with Crippen LogP contribution in [0.2, 0.25) is 0 Å². The number of amides is 1. The van der Waals surface area contributed by atoms with Crippen LogP contribution in [-0.4, -0.2) is 31.9 Å². The molecule has 0 spiro atoms. The van der Waals surface area contributed by atoms with Gasteiger partial charge in [0.1, 0.15) is 0 Å². The summed E-state index contributed by atoms with van der Waals surface area (Å²) < 4.78 is 1.48. The van der Waals surface area contributed by atoms with Crippen LogP contribution in [0, 0.1) is 5.92 Å². The smallest absolute Gasteiger partial charge is 0.330 e. The number of pyridine rings is 1. The van der Waals surface area contributed by atoms with E-state index in [1.165, 1.54) is 4.57 Å².